The fraction of sp³-hybridized carbons (Fsp3) is 0.261. The monoisotopic (exact) mass is 413 g/mol. The van der Waals surface area contributed by atoms with Crippen LogP contribution in [0, 0.1) is 11.6 Å². The molecule has 0 radical (unpaired) electrons. The van der Waals surface area contributed by atoms with E-state index in [0.29, 0.717) is 17.9 Å². The van der Waals surface area contributed by atoms with Crippen LogP contribution in [0.25, 0.3) is 0 Å². The van der Waals surface area contributed by atoms with E-state index in [1.54, 1.807) is 30.3 Å². The standard InChI is InChI=1S/C23H22F2N2O3/c24-18-5-7-19(8-6-18)27-11-9-26(10-12-27)14-20-13-22(28)23(16-29-20)30-15-17-3-1-2-4-21(17)25/h1-8,13,16H,9-12,14-15H2/p+1. The third-order valence-electron chi connectivity index (χ3n) is 5.28. The molecule has 0 aliphatic carbocycles. The van der Waals surface area contributed by atoms with Gasteiger partial charge in [0.05, 0.1) is 26.2 Å². The van der Waals surface area contributed by atoms with Crippen LogP contribution in [0.3, 0.4) is 0 Å². The predicted molar refractivity (Wildman–Crippen MR) is 109 cm³/mol. The van der Waals surface area contributed by atoms with Crippen LogP contribution in [0.4, 0.5) is 14.5 Å². The van der Waals surface area contributed by atoms with Gasteiger partial charge in [-0.3, -0.25) is 4.79 Å². The van der Waals surface area contributed by atoms with Crippen LogP contribution in [0.15, 0.2) is 70.1 Å². The van der Waals surface area contributed by atoms with Gasteiger partial charge in [-0.2, -0.15) is 0 Å². The summed E-state index contributed by atoms with van der Waals surface area (Å²) in [5, 5.41) is 0. The highest BCUT2D eigenvalue weighted by molar-refractivity contribution is 5.46. The van der Waals surface area contributed by atoms with Crippen LogP contribution >= 0.6 is 0 Å². The van der Waals surface area contributed by atoms with Crippen molar-refractivity contribution in [1.82, 2.24) is 0 Å². The molecule has 0 unspecified atom stereocenters. The van der Waals surface area contributed by atoms with Crippen LogP contribution in [0.1, 0.15) is 11.3 Å². The summed E-state index contributed by atoms with van der Waals surface area (Å²) in [7, 11) is 0. The average Bonchev–Trinajstić information content (AvgIpc) is 2.75. The Bertz CT molecular complexity index is 1040. The second kappa shape index (κ2) is 9.09. The smallest absolute Gasteiger partial charge is 0.227 e. The predicted octanol–water partition coefficient (Wildman–Crippen LogP) is 2.40. The topological polar surface area (TPSA) is 47.1 Å². The molecule has 1 aliphatic rings. The first-order chi connectivity index (χ1) is 14.6. The van der Waals surface area contributed by atoms with Gasteiger partial charge in [0.2, 0.25) is 11.2 Å². The van der Waals surface area contributed by atoms with Gasteiger partial charge in [-0.05, 0) is 30.3 Å². The molecule has 156 valence electrons. The lowest BCUT2D eigenvalue weighted by Gasteiger charge is -2.33. The normalized spacial score (nSPS) is 14.7. The van der Waals surface area contributed by atoms with Crippen molar-refractivity contribution in [2.75, 3.05) is 31.1 Å². The number of anilines is 1. The second-order valence-electron chi connectivity index (χ2n) is 7.35. The van der Waals surface area contributed by atoms with Crippen LogP contribution < -0.4 is 20.0 Å². The fourth-order valence-electron chi connectivity index (χ4n) is 3.56. The summed E-state index contributed by atoms with van der Waals surface area (Å²) in [5.41, 5.74) is 1.11. The Balaban J connectivity index is 1.31. The molecule has 1 saturated heterocycles. The lowest BCUT2D eigenvalue weighted by molar-refractivity contribution is -0.915. The number of rotatable bonds is 6. The zero-order chi connectivity index (χ0) is 20.9. The minimum Gasteiger partial charge on any atom is -0.482 e. The van der Waals surface area contributed by atoms with Crippen molar-refractivity contribution in [2.45, 2.75) is 13.2 Å². The molecule has 5 nitrogen and oxygen atoms in total. The van der Waals surface area contributed by atoms with Crippen molar-refractivity contribution in [3.63, 3.8) is 0 Å². The van der Waals surface area contributed by atoms with Gasteiger partial charge < -0.3 is 19.0 Å². The Hall–Kier alpha value is -3.19. The summed E-state index contributed by atoms with van der Waals surface area (Å²) in [6.45, 7) is 4.01. The Morgan fingerprint density at radius 1 is 1.03 bits per heavy atom. The fourth-order valence-corrected chi connectivity index (χ4v) is 3.56. The van der Waals surface area contributed by atoms with E-state index >= 15 is 0 Å². The summed E-state index contributed by atoms with van der Waals surface area (Å²) in [6.07, 6.45) is 1.30. The number of benzene rings is 2. The molecule has 7 heteroatoms. The largest absolute Gasteiger partial charge is 0.482 e. The molecule has 1 fully saturated rings. The van der Waals surface area contributed by atoms with E-state index in [1.807, 2.05) is 0 Å². The molecule has 0 atom stereocenters. The van der Waals surface area contributed by atoms with Crippen molar-refractivity contribution >= 4 is 5.69 Å². The van der Waals surface area contributed by atoms with Crippen LogP contribution in [-0.2, 0) is 13.2 Å². The highest BCUT2D eigenvalue weighted by Crippen LogP contribution is 2.15. The Labute approximate surface area is 173 Å². The lowest BCUT2D eigenvalue weighted by Crippen LogP contribution is -3.13. The molecule has 0 amide bonds. The van der Waals surface area contributed by atoms with Crippen molar-refractivity contribution < 1.29 is 22.8 Å². The van der Waals surface area contributed by atoms with Crippen LogP contribution in [0.2, 0.25) is 0 Å². The number of ether oxygens (including phenoxy) is 1. The van der Waals surface area contributed by atoms with Crippen molar-refractivity contribution in [3.05, 3.63) is 94.0 Å². The van der Waals surface area contributed by atoms with E-state index in [-0.39, 0.29) is 29.4 Å². The Kier molecular flexibility index (Phi) is 6.09. The minimum atomic E-state index is -0.373. The van der Waals surface area contributed by atoms with E-state index in [9.17, 15) is 13.6 Å². The van der Waals surface area contributed by atoms with E-state index < -0.39 is 0 Å². The number of hydrogen-bond acceptors (Lipinski definition) is 4. The molecular formula is C23H23F2N2O3+. The van der Waals surface area contributed by atoms with Crippen molar-refractivity contribution in [1.29, 1.82) is 0 Å². The maximum atomic E-state index is 13.7. The van der Waals surface area contributed by atoms with Gasteiger partial charge in [0.1, 0.15) is 31.0 Å². The quantitative estimate of drug-likeness (QED) is 0.674. The van der Waals surface area contributed by atoms with Crippen molar-refractivity contribution in [3.8, 4) is 5.75 Å². The molecule has 0 bridgehead atoms. The molecule has 1 N–H and O–H groups in total. The first-order valence-electron chi connectivity index (χ1n) is 9.90. The summed E-state index contributed by atoms with van der Waals surface area (Å²) in [5.74, 6) is 0.0443. The molecule has 1 aliphatic heterocycles. The maximum Gasteiger partial charge on any atom is 0.227 e. The molecule has 2 heterocycles. The Morgan fingerprint density at radius 3 is 2.47 bits per heavy atom. The molecule has 0 spiro atoms. The van der Waals surface area contributed by atoms with Crippen LogP contribution in [0.5, 0.6) is 5.75 Å². The lowest BCUT2D eigenvalue weighted by atomic mass is 10.2. The third-order valence-corrected chi connectivity index (χ3v) is 5.28. The SMILES string of the molecule is O=c1cc(C[NH+]2CCN(c3ccc(F)cc3)CC2)occ1OCc1ccccc1F. The molecule has 2 aromatic carbocycles. The second-order valence-corrected chi connectivity index (χ2v) is 7.35. The van der Waals surface area contributed by atoms with Crippen LogP contribution in [-0.4, -0.2) is 26.2 Å². The highest BCUT2D eigenvalue weighted by atomic mass is 19.1. The zero-order valence-corrected chi connectivity index (χ0v) is 16.4. The molecule has 1 aromatic heterocycles. The molecule has 30 heavy (non-hydrogen) atoms. The minimum absolute atomic E-state index is 0.0343. The average molecular weight is 413 g/mol. The molecule has 4 rings (SSSR count). The summed E-state index contributed by atoms with van der Waals surface area (Å²) in [4.78, 5) is 15.8. The zero-order valence-electron chi connectivity index (χ0n) is 16.4. The third kappa shape index (κ3) is 4.86. The van der Waals surface area contributed by atoms with E-state index in [1.165, 1.54) is 35.4 Å². The number of nitrogens with one attached hydrogen (secondary N) is 1. The van der Waals surface area contributed by atoms with Gasteiger partial charge in [0.25, 0.3) is 0 Å². The van der Waals surface area contributed by atoms with E-state index in [4.69, 9.17) is 9.15 Å². The number of quaternary nitrogens is 1. The van der Waals surface area contributed by atoms with Gasteiger partial charge in [0.15, 0.2) is 5.76 Å². The van der Waals surface area contributed by atoms with E-state index in [2.05, 4.69) is 4.90 Å². The number of hydrogen-bond donors (Lipinski definition) is 1. The summed E-state index contributed by atoms with van der Waals surface area (Å²) in [6, 6.07) is 14.2. The highest BCUT2D eigenvalue weighted by Gasteiger charge is 2.21. The molecule has 3 aromatic rings. The molecular weight excluding hydrogens is 390 g/mol. The summed E-state index contributed by atoms with van der Waals surface area (Å²) < 4.78 is 37.8. The maximum absolute atomic E-state index is 13.7. The first-order valence-corrected chi connectivity index (χ1v) is 9.90. The van der Waals surface area contributed by atoms with Crippen molar-refractivity contribution in [2.24, 2.45) is 0 Å². The first kappa shape index (κ1) is 20.1. The van der Waals surface area contributed by atoms with Gasteiger partial charge >= 0.3 is 0 Å². The number of halogens is 2. The van der Waals surface area contributed by atoms with Gasteiger partial charge in [0, 0.05) is 17.3 Å². The molecule has 0 saturated carbocycles. The van der Waals surface area contributed by atoms with Gasteiger partial charge in [-0.15, -0.1) is 0 Å². The number of piperazine rings is 1. The summed E-state index contributed by atoms with van der Waals surface area (Å²) >= 11 is 0. The number of nitrogens with zero attached hydrogens (tertiary/aromatic N) is 1. The van der Waals surface area contributed by atoms with Gasteiger partial charge in [-0.25, -0.2) is 8.78 Å². The van der Waals surface area contributed by atoms with E-state index in [0.717, 1.165) is 31.9 Å². The Morgan fingerprint density at radius 2 is 1.77 bits per heavy atom. The van der Waals surface area contributed by atoms with Gasteiger partial charge in [-0.1, -0.05) is 18.2 Å².